The molecule has 0 aromatic heterocycles. The van der Waals surface area contributed by atoms with Gasteiger partial charge in [0.15, 0.2) is 12.4 Å². The number of allylic oxidation sites excluding steroid dienone is 22. The minimum atomic E-state index is -1.63. The largest absolute Gasteiger partial charge is 0.545 e. The van der Waals surface area contributed by atoms with Gasteiger partial charge < -0.3 is 33.3 Å². The number of hydrogen-bond acceptors (Lipinski definition) is 8. The van der Waals surface area contributed by atoms with Crippen molar-refractivity contribution in [3.8, 4) is 0 Å². The van der Waals surface area contributed by atoms with Crippen molar-refractivity contribution in [3.05, 3.63) is 134 Å². The molecule has 0 aliphatic carbocycles. The fourth-order valence-corrected chi connectivity index (χ4v) is 13.1. The zero-order valence-corrected chi connectivity index (χ0v) is 70.7. The van der Waals surface area contributed by atoms with Crippen molar-refractivity contribution in [3.63, 3.8) is 0 Å². The number of esters is 2. The zero-order valence-electron chi connectivity index (χ0n) is 70.7. The van der Waals surface area contributed by atoms with Gasteiger partial charge in [-0.15, -0.1) is 0 Å². The molecule has 0 aromatic rings. The van der Waals surface area contributed by atoms with E-state index in [1.165, 1.54) is 276 Å². The minimum absolute atomic E-state index is 0.147. The monoisotopic (exact) mass is 1490 g/mol. The highest BCUT2D eigenvalue weighted by atomic mass is 16.7. The van der Waals surface area contributed by atoms with E-state index < -0.39 is 24.3 Å². The SMILES string of the molecule is CC/C=C\C/C=C\C/C=C\C/C=C\C/C=C\C/C=C\C/C=C\CCCCCCCCCCCCCCCCCCCCCC(=O)OC(COC(=O)CCCCCCCCCCCCCCCCCCCCCCCCCCCCCC/C=C\C/C=C\C/C=C\C/C=C\CC)COC(OCC[N+](C)(C)C)C(=O)[O-]. The van der Waals surface area contributed by atoms with Gasteiger partial charge in [0.1, 0.15) is 13.2 Å². The molecule has 0 fully saturated rings. The summed E-state index contributed by atoms with van der Waals surface area (Å²) in [5.74, 6) is -2.26. The van der Waals surface area contributed by atoms with Crippen LogP contribution in [0.15, 0.2) is 134 Å². The molecule has 0 aliphatic rings. The van der Waals surface area contributed by atoms with Gasteiger partial charge in [0, 0.05) is 12.8 Å². The first kappa shape index (κ1) is 102. The zero-order chi connectivity index (χ0) is 77.4. The third kappa shape index (κ3) is 88.5. The summed E-state index contributed by atoms with van der Waals surface area (Å²) in [5.41, 5.74) is 0. The van der Waals surface area contributed by atoms with Crippen molar-refractivity contribution in [1.82, 2.24) is 0 Å². The van der Waals surface area contributed by atoms with Crippen LogP contribution in [-0.2, 0) is 33.3 Å². The Kier molecular flexibility index (Phi) is 83.3. The number of rotatable bonds is 84. The van der Waals surface area contributed by atoms with Crippen LogP contribution < -0.4 is 5.11 Å². The Morgan fingerprint density at radius 1 is 0.280 bits per heavy atom. The van der Waals surface area contributed by atoms with E-state index in [-0.39, 0.29) is 32.2 Å². The van der Waals surface area contributed by atoms with Crippen molar-refractivity contribution in [1.29, 1.82) is 0 Å². The first-order valence-electron chi connectivity index (χ1n) is 45.3. The third-order valence-electron chi connectivity index (χ3n) is 19.9. The summed E-state index contributed by atoms with van der Waals surface area (Å²) in [6.45, 7) is 4.57. The fourth-order valence-electron chi connectivity index (χ4n) is 13.1. The fraction of sp³-hybridized carbons (Fsp3) is 0.745. The summed E-state index contributed by atoms with van der Waals surface area (Å²) < 4.78 is 22.9. The normalized spacial score (nSPS) is 13.2. The lowest BCUT2D eigenvalue weighted by molar-refractivity contribution is -0.870. The molecule has 9 heteroatoms. The molecule has 0 aliphatic heterocycles. The minimum Gasteiger partial charge on any atom is -0.545 e. The molecule has 2 unspecified atom stereocenters. The van der Waals surface area contributed by atoms with Gasteiger partial charge in [0.25, 0.3) is 0 Å². The number of nitrogens with zero attached hydrogens (tertiary/aromatic N) is 1. The Hall–Kier alpha value is -4.57. The molecule has 9 nitrogen and oxygen atoms in total. The second-order valence-corrected chi connectivity index (χ2v) is 31.5. The van der Waals surface area contributed by atoms with E-state index in [2.05, 4.69) is 148 Å². The molecule has 0 rings (SSSR count). The van der Waals surface area contributed by atoms with E-state index in [4.69, 9.17) is 18.9 Å². The highest BCUT2D eigenvalue weighted by Gasteiger charge is 2.22. The van der Waals surface area contributed by atoms with E-state index in [1.54, 1.807) is 0 Å². The van der Waals surface area contributed by atoms with Crippen molar-refractivity contribution in [2.24, 2.45) is 0 Å². The molecule has 616 valence electrons. The van der Waals surface area contributed by atoms with Crippen LogP contribution in [0.3, 0.4) is 0 Å². The number of quaternary nitrogens is 1. The van der Waals surface area contributed by atoms with E-state index in [1.807, 2.05) is 21.1 Å². The second kappa shape index (κ2) is 87.0. The summed E-state index contributed by atoms with van der Waals surface area (Å²) in [4.78, 5) is 37.7. The molecular weight excluding hydrogens is 1320 g/mol. The second-order valence-electron chi connectivity index (χ2n) is 31.5. The molecule has 107 heavy (non-hydrogen) atoms. The number of carboxylic acids is 1. The molecule has 0 aromatic carbocycles. The summed E-state index contributed by atoms with van der Waals surface area (Å²) in [7, 11) is 5.95. The number of likely N-dealkylation sites (N-methyl/N-ethyl adjacent to an activating group) is 1. The van der Waals surface area contributed by atoms with Gasteiger partial charge in [-0.2, -0.15) is 0 Å². The van der Waals surface area contributed by atoms with Gasteiger partial charge in [-0.25, -0.2) is 0 Å². The highest BCUT2D eigenvalue weighted by Crippen LogP contribution is 2.20. The number of unbranched alkanes of at least 4 members (excludes halogenated alkanes) is 47. The number of carbonyl (C=O) groups is 3. The quantitative estimate of drug-likeness (QED) is 0.0195. The smallest absolute Gasteiger partial charge is 0.306 e. The Morgan fingerprint density at radius 2 is 0.505 bits per heavy atom. The number of ether oxygens (including phenoxy) is 4. The predicted molar refractivity (Wildman–Crippen MR) is 463 cm³/mol. The number of aliphatic carboxylic acids is 1. The van der Waals surface area contributed by atoms with E-state index in [9.17, 15) is 19.5 Å². The molecule has 0 saturated carbocycles. The number of hydrogen-bond donors (Lipinski definition) is 0. The average molecular weight is 1490 g/mol. The lowest BCUT2D eigenvalue weighted by atomic mass is 10.0. The number of carbonyl (C=O) groups excluding carboxylic acids is 3. The first-order chi connectivity index (χ1) is 52.6. The van der Waals surface area contributed by atoms with Crippen LogP contribution in [-0.4, -0.2) is 82.3 Å². The van der Waals surface area contributed by atoms with Gasteiger partial charge >= 0.3 is 11.9 Å². The first-order valence-corrected chi connectivity index (χ1v) is 45.3. The Morgan fingerprint density at radius 3 is 0.748 bits per heavy atom. The topological polar surface area (TPSA) is 111 Å². The predicted octanol–water partition coefficient (Wildman–Crippen LogP) is 28.6. The van der Waals surface area contributed by atoms with Crippen LogP contribution in [0.25, 0.3) is 0 Å². The Bertz CT molecular complexity index is 2240. The molecule has 0 N–H and O–H groups in total. The van der Waals surface area contributed by atoms with Crippen LogP contribution >= 0.6 is 0 Å². The third-order valence-corrected chi connectivity index (χ3v) is 19.9. The van der Waals surface area contributed by atoms with Crippen LogP contribution in [0.1, 0.15) is 412 Å². The van der Waals surface area contributed by atoms with Gasteiger partial charge in [0.2, 0.25) is 0 Å². The molecule has 0 saturated heterocycles. The van der Waals surface area contributed by atoms with Crippen molar-refractivity contribution in [2.45, 2.75) is 424 Å². The van der Waals surface area contributed by atoms with E-state index >= 15 is 0 Å². The maximum Gasteiger partial charge on any atom is 0.306 e. The molecule has 0 amide bonds. The molecule has 2 atom stereocenters. The van der Waals surface area contributed by atoms with E-state index in [0.29, 0.717) is 23.9 Å². The maximum atomic E-state index is 13.0. The highest BCUT2D eigenvalue weighted by molar-refractivity contribution is 5.70. The van der Waals surface area contributed by atoms with Crippen molar-refractivity contribution >= 4 is 17.9 Å². The molecular formula is C98H171NO8. The van der Waals surface area contributed by atoms with Crippen LogP contribution in [0, 0.1) is 0 Å². The lowest BCUT2D eigenvalue weighted by Crippen LogP contribution is -2.44. The maximum absolute atomic E-state index is 13.0. The Labute approximate surface area is 662 Å². The number of carboxylic acid groups (broad SMARTS) is 1. The van der Waals surface area contributed by atoms with Gasteiger partial charge in [-0.05, 0) is 109 Å². The molecule has 0 bridgehead atoms. The van der Waals surface area contributed by atoms with Gasteiger partial charge in [0.05, 0.1) is 40.3 Å². The van der Waals surface area contributed by atoms with Crippen LogP contribution in [0.5, 0.6) is 0 Å². The molecule has 0 spiro atoms. The summed E-state index contributed by atoms with van der Waals surface area (Å²) in [6, 6.07) is 0. The lowest BCUT2D eigenvalue weighted by Gasteiger charge is -2.26. The van der Waals surface area contributed by atoms with Crippen LogP contribution in [0.4, 0.5) is 0 Å². The standard InChI is InChI=1S/C98H171NO8/c1-6-8-10-12-14-16-18-20-22-24-26-28-30-32-34-36-38-40-42-44-46-48-50-52-54-56-58-60-62-64-66-68-70-72-74-76-78-80-82-84-86-88-95(100)105-92-94(93-106-98(97(102)103)104-91-90-99(3,4)5)107-96(101)89-87-85-83-81-79-77-75-73-71-69-67-65-63-61-59-57-55-53-51-49-47-45-43-41-39-37-35-33-31-29-27-25-23-21-19-17-15-13-11-9-7-2/h8-11,14-17,20-23,26-29,33,35,39,41,45,47,94,98H,6-7,12-13,18-19,24-25,30-32,34,36-38,40,42-44,46,48-93H2,1-5H3/b10-8-,11-9-,16-14-,17-15-,22-20-,23-21-,28-26-,29-27-,35-33-,41-39-,47-45-. The summed E-state index contributed by atoms with van der Waals surface area (Å²) >= 11 is 0. The van der Waals surface area contributed by atoms with Crippen molar-refractivity contribution in [2.75, 3.05) is 47.5 Å². The van der Waals surface area contributed by atoms with Gasteiger partial charge in [-0.1, -0.05) is 424 Å². The van der Waals surface area contributed by atoms with Gasteiger partial charge in [-0.3, -0.25) is 9.59 Å². The average Bonchev–Trinajstić information content (AvgIpc) is 0.965. The van der Waals surface area contributed by atoms with Crippen molar-refractivity contribution < 1.29 is 42.9 Å². The summed E-state index contributed by atoms with van der Waals surface area (Å²) in [6.07, 6.45) is 123. The molecule has 0 heterocycles. The van der Waals surface area contributed by atoms with Crippen LogP contribution in [0.2, 0.25) is 0 Å². The molecule has 0 radical (unpaired) electrons. The van der Waals surface area contributed by atoms with E-state index in [0.717, 1.165) is 103 Å². The summed E-state index contributed by atoms with van der Waals surface area (Å²) in [5, 5.41) is 11.9. The Balaban J connectivity index is 3.92.